The normalized spacial score (nSPS) is 21.6. The monoisotopic (exact) mass is 248 g/mol. The Balaban J connectivity index is 1.93. The summed E-state index contributed by atoms with van der Waals surface area (Å²) in [7, 11) is 0. The number of aryl methyl sites for hydroxylation is 1. The largest absolute Gasteiger partial charge is 0.367 e. The van der Waals surface area contributed by atoms with Crippen molar-refractivity contribution < 1.29 is 0 Å². The van der Waals surface area contributed by atoms with Gasteiger partial charge in [0, 0.05) is 17.8 Å². The summed E-state index contributed by atoms with van der Waals surface area (Å²) in [5.41, 5.74) is 1.13. The van der Waals surface area contributed by atoms with Gasteiger partial charge in [-0.2, -0.15) is 0 Å². The molecule has 2 rings (SSSR count). The van der Waals surface area contributed by atoms with E-state index in [9.17, 15) is 0 Å². The van der Waals surface area contributed by atoms with Gasteiger partial charge in [-0.1, -0.05) is 13.3 Å². The molecule has 1 saturated heterocycles. The molecule has 1 aliphatic heterocycles. The van der Waals surface area contributed by atoms with Gasteiger partial charge in [-0.25, -0.2) is 9.97 Å². The smallest absolute Gasteiger partial charge is 0.129 e. The van der Waals surface area contributed by atoms with Crippen LogP contribution in [0.3, 0.4) is 0 Å². The van der Waals surface area contributed by atoms with Crippen molar-refractivity contribution >= 4 is 5.82 Å². The van der Waals surface area contributed by atoms with E-state index >= 15 is 0 Å². The third kappa shape index (κ3) is 3.67. The fourth-order valence-electron chi connectivity index (χ4n) is 2.53. The highest BCUT2D eigenvalue weighted by Crippen LogP contribution is 2.17. The summed E-state index contributed by atoms with van der Waals surface area (Å²) in [5.74, 6) is 1.66. The molecule has 1 fully saturated rings. The van der Waals surface area contributed by atoms with E-state index in [1.54, 1.807) is 6.33 Å². The lowest BCUT2D eigenvalue weighted by Gasteiger charge is -2.29. The first-order valence-corrected chi connectivity index (χ1v) is 7.07. The van der Waals surface area contributed by atoms with Crippen LogP contribution < -0.4 is 10.6 Å². The lowest BCUT2D eigenvalue weighted by atomic mass is 9.93. The summed E-state index contributed by atoms with van der Waals surface area (Å²) in [6, 6.07) is 2.54. The zero-order chi connectivity index (χ0) is 12.8. The van der Waals surface area contributed by atoms with E-state index < -0.39 is 0 Å². The van der Waals surface area contributed by atoms with Gasteiger partial charge in [-0.3, -0.25) is 0 Å². The molecule has 2 atom stereocenters. The van der Waals surface area contributed by atoms with Gasteiger partial charge in [-0.05, 0) is 45.2 Å². The second-order valence-electron chi connectivity index (χ2n) is 5.18. The first-order chi connectivity index (χ1) is 8.79. The fourth-order valence-corrected chi connectivity index (χ4v) is 2.53. The van der Waals surface area contributed by atoms with Gasteiger partial charge in [0.2, 0.25) is 0 Å². The van der Waals surface area contributed by atoms with Gasteiger partial charge in [0.1, 0.15) is 12.1 Å². The quantitative estimate of drug-likeness (QED) is 0.839. The van der Waals surface area contributed by atoms with Crippen molar-refractivity contribution in [2.45, 2.75) is 45.6 Å². The van der Waals surface area contributed by atoms with Crippen LogP contribution in [0.5, 0.6) is 0 Å². The average Bonchev–Trinajstić information content (AvgIpc) is 2.40. The van der Waals surface area contributed by atoms with Crippen molar-refractivity contribution in [3.8, 4) is 0 Å². The molecule has 2 heterocycles. The standard InChI is InChI=1S/C14H24N4/c1-3-5-13-8-14(17-10-16-13)18-11(2)12-6-4-7-15-9-12/h8,10-12,15H,3-7,9H2,1-2H3,(H,16,17,18). The number of nitrogens with zero attached hydrogens (tertiary/aromatic N) is 2. The number of piperidine rings is 1. The van der Waals surface area contributed by atoms with E-state index in [0.717, 1.165) is 37.4 Å². The summed E-state index contributed by atoms with van der Waals surface area (Å²) >= 11 is 0. The topological polar surface area (TPSA) is 49.8 Å². The third-order valence-corrected chi connectivity index (χ3v) is 3.65. The van der Waals surface area contributed by atoms with Crippen LogP contribution in [0, 0.1) is 5.92 Å². The van der Waals surface area contributed by atoms with E-state index in [0.29, 0.717) is 12.0 Å². The second-order valence-corrected chi connectivity index (χ2v) is 5.18. The number of hydrogen-bond acceptors (Lipinski definition) is 4. The Morgan fingerprint density at radius 1 is 1.50 bits per heavy atom. The fraction of sp³-hybridized carbons (Fsp3) is 0.714. The molecule has 0 amide bonds. The first kappa shape index (κ1) is 13.3. The summed E-state index contributed by atoms with van der Waals surface area (Å²) < 4.78 is 0. The van der Waals surface area contributed by atoms with E-state index in [2.05, 4.69) is 40.5 Å². The second kappa shape index (κ2) is 6.69. The number of rotatable bonds is 5. The highest BCUT2D eigenvalue weighted by molar-refractivity contribution is 5.36. The molecule has 2 unspecified atom stereocenters. The van der Waals surface area contributed by atoms with Crippen molar-refractivity contribution in [1.82, 2.24) is 15.3 Å². The van der Waals surface area contributed by atoms with Crippen molar-refractivity contribution in [2.24, 2.45) is 5.92 Å². The Kier molecular flexibility index (Phi) is 4.93. The summed E-state index contributed by atoms with van der Waals surface area (Å²) in [5, 5.41) is 6.98. The maximum absolute atomic E-state index is 4.31. The van der Waals surface area contributed by atoms with Crippen LogP contribution in [0.2, 0.25) is 0 Å². The summed E-state index contributed by atoms with van der Waals surface area (Å²) in [6.07, 6.45) is 6.39. The maximum atomic E-state index is 4.31. The first-order valence-electron chi connectivity index (χ1n) is 7.07. The number of nitrogens with one attached hydrogen (secondary N) is 2. The highest BCUT2D eigenvalue weighted by Gasteiger charge is 2.19. The van der Waals surface area contributed by atoms with Crippen LogP contribution in [0.4, 0.5) is 5.82 Å². The molecule has 1 aromatic rings. The Bertz CT molecular complexity index is 361. The van der Waals surface area contributed by atoms with Crippen LogP contribution >= 0.6 is 0 Å². The molecule has 4 heteroatoms. The molecule has 100 valence electrons. The van der Waals surface area contributed by atoms with Gasteiger partial charge in [-0.15, -0.1) is 0 Å². The molecule has 0 aromatic carbocycles. The molecule has 0 saturated carbocycles. The Morgan fingerprint density at radius 3 is 3.11 bits per heavy atom. The molecule has 1 aromatic heterocycles. The zero-order valence-electron chi connectivity index (χ0n) is 11.4. The van der Waals surface area contributed by atoms with E-state index in [4.69, 9.17) is 0 Å². The molecule has 2 N–H and O–H groups in total. The Morgan fingerprint density at radius 2 is 2.39 bits per heavy atom. The van der Waals surface area contributed by atoms with Crippen LogP contribution in [-0.2, 0) is 6.42 Å². The van der Waals surface area contributed by atoms with Crippen molar-refractivity contribution in [3.63, 3.8) is 0 Å². The van der Waals surface area contributed by atoms with Crippen LogP contribution in [0.15, 0.2) is 12.4 Å². The molecule has 0 radical (unpaired) electrons. The summed E-state index contributed by atoms with van der Waals surface area (Å²) in [6.45, 7) is 6.70. The molecule has 4 nitrogen and oxygen atoms in total. The van der Waals surface area contributed by atoms with Crippen LogP contribution in [0.1, 0.15) is 38.8 Å². The van der Waals surface area contributed by atoms with Gasteiger partial charge in [0.25, 0.3) is 0 Å². The molecule has 18 heavy (non-hydrogen) atoms. The average molecular weight is 248 g/mol. The maximum Gasteiger partial charge on any atom is 0.129 e. The molecular formula is C14H24N4. The lowest BCUT2D eigenvalue weighted by molar-refractivity contribution is 0.346. The minimum Gasteiger partial charge on any atom is -0.367 e. The Hall–Kier alpha value is -1.16. The van der Waals surface area contributed by atoms with E-state index in [1.807, 2.05) is 0 Å². The number of aromatic nitrogens is 2. The molecule has 0 bridgehead atoms. The van der Waals surface area contributed by atoms with Crippen molar-refractivity contribution in [3.05, 3.63) is 18.1 Å². The van der Waals surface area contributed by atoms with Gasteiger partial charge in [0.15, 0.2) is 0 Å². The van der Waals surface area contributed by atoms with Crippen molar-refractivity contribution in [1.29, 1.82) is 0 Å². The molecule has 0 spiro atoms. The SMILES string of the molecule is CCCc1cc(NC(C)C2CCCNC2)ncn1. The Labute approximate surface area is 110 Å². The lowest BCUT2D eigenvalue weighted by Crippen LogP contribution is -2.38. The van der Waals surface area contributed by atoms with Crippen LogP contribution in [0.25, 0.3) is 0 Å². The van der Waals surface area contributed by atoms with Crippen LogP contribution in [-0.4, -0.2) is 29.1 Å². The molecule has 0 aliphatic carbocycles. The molecule has 1 aliphatic rings. The van der Waals surface area contributed by atoms with Gasteiger partial charge in [0.05, 0.1) is 0 Å². The number of hydrogen-bond donors (Lipinski definition) is 2. The highest BCUT2D eigenvalue weighted by atomic mass is 15.0. The summed E-state index contributed by atoms with van der Waals surface area (Å²) in [4.78, 5) is 8.60. The predicted molar refractivity (Wildman–Crippen MR) is 74.7 cm³/mol. The molecular weight excluding hydrogens is 224 g/mol. The van der Waals surface area contributed by atoms with E-state index in [-0.39, 0.29) is 0 Å². The van der Waals surface area contributed by atoms with Gasteiger partial charge >= 0.3 is 0 Å². The predicted octanol–water partition coefficient (Wildman–Crippen LogP) is 2.23. The zero-order valence-corrected chi connectivity index (χ0v) is 11.4. The minimum absolute atomic E-state index is 0.460. The van der Waals surface area contributed by atoms with E-state index in [1.165, 1.54) is 12.8 Å². The number of anilines is 1. The minimum atomic E-state index is 0.460. The van der Waals surface area contributed by atoms with Gasteiger partial charge < -0.3 is 10.6 Å². The third-order valence-electron chi connectivity index (χ3n) is 3.65. The van der Waals surface area contributed by atoms with Crippen molar-refractivity contribution in [2.75, 3.05) is 18.4 Å².